The second-order valence-corrected chi connectivity index (χ2v) is 8.37. The standard InChI is InChI=1S/C25H51ClO5/c1-2-3-4-5-6-7-8-9-10-11-12-13-14-16-27-18-20-29-22-24-31-25-23-30-21-19-28-17-15-26/h2-25H2,1H3. The van der Waals surface area contributed by atoms with Gasteiger partial charge in [0.1, 0.15) is 0 Å². The number of alkyl halides is 1. The van der Waals surface area contributed by atoms with E-state index in [0.717, 1.165) is 13.0 Å². The molecule has 0 bridgehead atoms. The molecule has 0 aromatic carbocycles. The van der Waals surface area contributed by atoms with E-state index in [1.807, 2.05) is 0 Å². The van der Waals surface area contributed by atoms with Crippen LogP contribution in [0, 0.1) is 0 Å². The maximum Gasteiger partial charge on any atom is 0.0701 e. The average Bonchev–Trinajstić information content (AvgIpc) is 2.78. The zero-order valence-electron chi connectivity index (χ0n) is 20.4. The van der Waals surface area contributed by atoms with Crippen LogP contribution < -0.4 is 0 Å². The van der Waals surface area contributed by atoms with Gasteiger partial charge in [-0.1, -0.05) is 84.0 Å². The molecule has 0 atom stereocenters. The highest BCUT2D eigenvalue weighted by Crippen LogP contribution is 2.12. The van der Waals surface area contributed by atoms with Crippen molar-refractivity contribution in [3.05, 3.63) is 0 Å². The summed E-state index contributed by atoms with van der Waals surface area (Å²) in [6.07, 6.45) is 17.9. The molecule has 0 radical (unpaired) electrons. The molecule has 0 heterocycles. The third kappa shape index (κ3) is 30.1. The normalized spacial score (nSPS) is 11.4. The molecule has 0 amide bonds. The Morgan fingerprint density at radius 1 is 0.355 bits per heavy atom. The molecule has 0 rings (SSSR count). The molecule has 0 saturated carbocycles. The van der Waals surface area contributed by atoms with E-state index < -0.39 is 0 Å². The molecule has 0 N–H and O–H groups in total. The maximum atomic E-state index is 5.63. The Hall–Kier alpha value is 0.0900. The molecule has 0 spiro atoms. The van der Waals surface area contributed by atoms with Crippen molar-refractivity contribution in [2.75, 3.05) is 71.9 Å². The van der Waals surface area contributed by atoms with Crippen LogP contribution in [0.4, 0.5) is 0 Å². The molecule has 31 heavy (non-hydrogen) atoms. The Kier molecular flexibility index (Phi) is 30.2. The van der Waals surface area contributed by atoms with Gasteiger partial charge in [0.05, 0.1) is 59.5 Å². The summed E-state index contributed by atoms with van der Waals surface area (Å²) in [5, 5.41) is 0. The maximum absolute atomic E-state index is 5.63. The Morgan fingerprint density at radius 3 is 1.00 bits per heavy atom. The number of halogens is 1. The third-order valence-electron chi connectivity index (χ3n) is 5.10. The van der Waals surface area contributed by atoms with Crippen molar-refractivity contribution >= 4 is 11.6 Å². The summed E-state index contributed by atoms with van der Waals surface area (Å²) >= 11 is 5.51. The van der Waals surface area contributed by atoms with Crippen molar-refractivity contribution < 1.29 is 23.7 Å². The largest absolute Gasteiger partial charge is 0.379 e. The highest BCUT2D eigenvalue weighted by Gasteiger charge is 1.95. The average molecular weight is 467 g/mol. The predicted molar refractivity (Wildman–Crippen MR) is 131 cm³/mol. The van der Waals surface area contributed by atoms with E-state index in [-0.39, 0.29) is 0 Å². The van der Waals surface area contributed by atoms with E-state index in [1.165, 1.54) is 77.0 Å². The molecule has 0 aliphatic carbocycles. The highest BCUT2D eigenvalue weighted by molar-refractivity contribution is 6.17. The van der Waals surface area contributed by atoms with Gasteiger partial charge in [0, 0.05) is 12.5 Å². The fourth-order valence-electron chi connectivity index (χ4n) is 3.26. The quantitative estimate of drug-likeness (QED) is 0.0985. The van der Waals surface area contributed by atoms with Crippen LogP contribution in [0.2, 0.25) is 0 Å². The van der Waals surface area contributed by atoms with Crippen molar-refractivity contribution in [3.8, 4) is 0 Å². The van der Waals surface area contributed by atoms with E-state index >= 15 is 0 Å². The van der Waals surface area contributed by atoms with Gasteiger partial charge < -0.3 is 23.7 Å². The molecule has 0 aromatic heterocycles. The second kappa shape index (κ2) is 30.1. The number of ether oxygens (including phenoxy) is 5. The van der Waals surface area contributed by atoms with E-state index in [9.17, 15) is 0 Å². The number of unbranched alkanes of at least 4 members (excludes halogenated alkanes) is 12. The minimum atomic E-state index is 0.521. The third-order valence-corrected chi connectivity index (χ3v) is 5.26. The first kappa shape index (κ1) is 31.1. The van der Waals surface area contributed by atoms with E-state index in [0.29, 0.717) is 65.3 Å². The smallest absolute Gasteiger partial charge is 0.0701 e. The first-order valence-corrected chi connectivity index (χ1v) is 13.4. The molecule has 0 saturated heterocycles. The van der Waals surface area contributed by atoms with Crippen molar-refractivity contribution in [1.29, 1.82) is 0 Å². The van der Waals surface area contributed by atoms with Gasteiger partial charge in [0.15, 0.2) is 0 Å². The van der Waals surface area contributed by atoms with E-state index in [1.54, 1.807) is 0 Å². The van der Waals surface area contributed by atoms with Gasteiger partial charge in [-0.05, 0) is 6.42 Å². The summed E-state index contributed by atoms with van der Waals surface area (Å²) in [6.45, 7) is 8.50. The van der Waals surface area contributed by atoms with Crippen LogP contribution in [0.15, 0.2) is 0 Å². The van der Waals surface area contributed by atoms with Crippen molar-refractivity contribution in [2.45, 2.75) is 90.4 Å². The van der Waals surface area contributed by atoms with Gasteiger partial charge >= 0.3 is 0 Å². The Morgan fingerprint density at radius 2 is 0.645 bits per heavy atom. The Balaban J connectivity index is 2.98. The molecule has 0 aliphatic heterocycles. The zero-order chi connectivity index (χ0) is 22.5. The first-order valence-electron chi connectivity index (χ1n) is 12.9. The monoisotopic (exact) mass is 466 g/mol. The van der Waals surface area contributed by atoms with Gasteiger partial charge in [-0.15, -0.1) is 11.6 Å². The Labute approximate surface area is 197 Å². The summed E-state index contributed by atoms with van der Waals surface area (Å²) in [7, 11) is 0. The van der Waals surface area contributed by atoms with Crippen molar-refractivity contribution in [1.82, 2.24) is 0 Å². The molecule has 0 fully saturated rings. The van der Waals surface area contributed by atoms with Crippen LogP contribution >= 0.6 is 11.6 Å². The topological polar surface area (TPSA) is 46.2 Å². The molecular formula is C25H51ClO5. The van der Waals surface area contributed by atoms with Gasteiger partial charge in [-0.25, -0.2) is 0 Å². The van der Waals surface area contributed by atoms with Crippen LogP contribution in [0.1, 0.15) is 90.4 Å². The van der Waals surface area contributed by atoms with Crippen LogP contribution in [0.3, 0.4) is 0 Å². The summed E-state index contributed by atoms with van der Waals surface area (Å²) < 4.78 is 27.1. The number of hydrogen-bond acceptors (Lipinski definition) is 5. The molecule has 188 valence electrons. The molecule has 6 heteroatoms. The fraction of sp³-hybridized carbons (Fsp3) is 1.00. The lowest BCUT2D eigenvalue weighted by molar-refractivity contribution is -0.0103. The lowest BCUT2D eigenvalue weighted by atomic mass is 10.0. The first-order chi connectivity index (χ1) is 15.4. The van der Waals surface area contributed by atoms with Gasteiger partial charge in [0.25, 0.3) is 0 Å². The van der Waals surface area contributed by atoms with E-state index in [2.05, 4.69) is 6.92 Å². The Bertz CT molecular complexity index is 280. The van der Waals surface area contributed by atoms with Gasteiger partial charge in [-0.3, -0.25) is 0 Å². The summed E-state index contributed by atoms with van der Waals surface area (Å²) in [6, 6.07) is 0. The highest BCUT2D eigenvalue weighted by atomic mass is 35.5. The summed E-state index contributed by atoms with van der Waals surface area (Å²) in [5.41, 5.74) is 0. The molecule has 0 unspecified atom stereocenters. The zero-order valence-corrected chi connectivity index (χ0v) is 21.1. The molecule has 0 aliphatic rings. The van der Waals surface area contributed by atoms with Gasteiger partial charge in [-0.2, -0.15) is 0 Å². The number of hydrogen-bond donors (Lipinski definition) is 0. The van der Waals surface area contributed by atoms with Crippen molar-refractivity contribution in [2.24, 2.45) is 0 Å². The van der Waals surface area contributed by atoms with Crippen LogP contribution in [-0.4, -0.2) is 71.9 Å². The number of rotatable bonds is 28. The lowest BCUT2D eigenvalue weighted by Crippen LogP contribution is -2.13. The molecular weight excluding hydrogens is 416 g/mol. The van der Waals surface area contributed by atoms with Crippen LogP contribution in [-0.2, 0) is 23.7 Å². The molecule has 0 aromatic rings. The summed E-state index contributed by atoms with van der Waals surface area (Å²) in [4.78, 5) is 0. The minimum Gasteiger partial charge on any atom is -0.379 e. The minimum absolute atomic E-state index is 0.521. The fourth-order valence-corrected chi connectivity index (χ4v) is 3.37. The summed E-state index contributed by atoms with van der Waals surface area (Å²) in [5.74, 6) is 0.521. The SMILES string of the molecule is CCCCCCCCCCCCCCCOCCOCCOCCOCCOCCCl. The van der Waals surface area contributed by atoms with E-state index in [4.69, 9.17) is 35.3 Å². The van der Waals surface area contributed by atoms with Crippen molar-refractivity contribution in [3.63, 3.8) is 0 Å². The van der Waals surface area contributed by atoms with Gasteiger partial charge in [0.2, 0.25) is 0 Å². The van der Waals surface area contributed by atoms with Crippen LogP contribution in [0.25, 0.3) is 0 Å². The predicted octanol–water partition coefficient (Wildman–Crippen LogP) is 6.40. The lowest BCUT2D eigenvalue weighted by Gasteiger charge is -2.08. The van der Waals surface area contributed by atoms with Crippen LogP contribution in [0.5, 0.6) is 0 Å². The second-order valence-electron chi connectivity index (χ2n) is 7.99. The molecule has 5 nitrogen and oxygen atoms in total.